The van der Waals surface area contributed by atoms with Crippen LogP contribution in [0.25, 0.3) is 0 Å². The van der Waals surface area contributed by atoms with Gasteiger partial charge >= 0.3 is 0 Å². The molecule has 2 rings (SSSR count). The largest absolute Gasteiger partial charge is 0.381 e. The molecule has 0 aliphatic carbocycles. The normalized spacial score (nSPS) is 26.8. The molecule has 1 aliphatic rings. The molecule has 4 heteroatoms. The van der Waals surface area contributed by atoms with E-state index in [1.807, 2.05) is 17.9 Å². The highest BCUT2D eigenvalue weighted by molar-refractivity contribution is 5.04. The molecule has 0 bridgehead atoms. The number of nitrogens with zero attached hydrogens (tertiary/aromatic N) is 2. The van der Waals surface area contributed by atoms with Gasteiger partial charge in [0, 0.05) is 38.2 Å². The first-order valence-corrected chi connectivity index (χ1v) is 5.50. The smallest absolute Gasteiger partial charge is 0.0631 e. The van der Waals surface area contributed by atoms with Crippen molar-refractivity contribution in [2.45, 2.75) is 19.3 Å². The van der Waals surface area contributed by atoms with Gasteiger partial charge in [0.25, 0.3) is 0 Å². The molecule has 2 heterocycles. The Morgan fingerprint density at radius 3 is 3.07 bits per heavy atom. The number of nitrogens with two attached hydrogens (primary N) is 1. The average molecular weight is 209 g/mol. The van der Waals surface area contributed by atoms with Crippen molar-refractivity contribution in [2.75, 3.05) is 19.8 Å². The summed E-state index contributed by atoms with van der Waals surface area (Å²) in [6.07, 6.45) is 5.18. The summed E-state index contributed by atoms with van der Waals surface area (Å²) in [5, 5.41) is 4.40. The Morgan fingerprint density at radius 2 is 2.53 bits per heavy atom. The van der Waals surface area contributed by atoms with E-state index in [1.165, 1.54) is 0 Å². The second kappa shape index (κ2) is 4.33. The van der Waals surface area contributed by atoms with Crippen molar-refractivity contribution >= 4 is 0 Å². The standard InChI is InChI=1S/C11H19N3O/c1-14-5-3-10(13-14)7-11(8-12)4-2-6-15-9-11/h3,5H,2,4,6-9,12H2,1H3. The van der Waals surface area contributed by atoms with Crippen LogP contribution in [0.4, 0.5) is 0 Å². The maximum absolute atomic E-state index is 5.88. The molecular formula is C11H19N3O. The molecule has 1 atom stereocenters. The lowest BCUT2D eigenvalue weighted by Gasteiger charge is -2.35. The summed E-state index contributed by atoms with van der Waals surface area (Å²) in [6, 6.07) is 2.06. The van der Waals surface area contributed by atoms with E-state index in [1.54, 1.807) is 0 Å². The number of rotatable bonds is 3. The van der Waals surface area contributed by atoms with Crippen molar-refractivity contribution in [1.82, 2.24) is 9.78 Å². The third kappa shape index (κ3) is 2.38. The van der Waals surface area contributed by atoms with Gasteiger partial charge in [0.1, 0.15) is 0 Å². The Kier molecular flexibility index (Phi) is 3.07. The maximum atomic E-state index is 5.88. The molecule has 1 aliphatic heterocycles. The van der Waals surface area contributed by atoms with E-state index in [-0.39, 0.29) is 5.41 Å². The van der Waals surface area contributed by atoms with Gasteiger partial charge in [0.05, 0.1) is 12.3 Å². The predicted octanol–water partition coefficient (Wildman–Crippen LogP) is 0.718. The van der Waals surface area contributed by atoms with Crippen LogP contribution < -0.4 is 5.73 Å². The van der Waals surface area contributed by atoms with Crippen molar-refractivity contribution in [3.8, 4) is 0 Å². The Balaban J connectivity index is 2.06. The van der Waals surface area contributed by atoms with Crippen molar-refractivity contribution in [1.29, 1.82) is 0 Å². The minimum atomic E-state index is 0.118. The summed E-state index contributed by atoms with van der Waals surface area (Å²) in [6.45, 7) is 2.34. The van der Waals surface area contributed by atoms with E-state index in [4.69, 9.17) is 10.5 Å². The summed E-state index contributed by atoms with van der Waals surface area (Å²) >= 11 is 0. The second-order valence-corrected chi connectivity index (χ2v) is 4.52. The Labute approximate surface area is 90.4 Å². The second-order valence-electron chi connectivity index (χ2n) is 4.52. The number of hydrogen-bond acceptors (Lipinski definition) is 3. The van der Waals surface area contributed by atoms with Gasteiger partial charge < -0.3 is 10.5 Å². The molecule has 0 aromatic carbocycles. The SMILES string of the molecule is Cn1ccc(CC2(CN)CCCOC2)n1. The highest BCUT2D eigenvalue weighted by Crippen LogP contribution is 2.30. The third-order valence-corrected chi connectivity index (χ3v) is 3.16. The zero-order chi connectivity index (χ0) is 10.7. The first-order chi connectivity index (χ1) is 7.24. The van der Waals surface area contributed by atoms with E-state index >= 15 is 0 Å². The Bertz CT molecular complexity index is 315. The lowest BCUT2D eigenvalue weighted by Crippen LogP contribution is -2.40. The zero-order valence-corrected chi connectivity index (χ0v) is 9.28. The molecule has 1 saturated heterocycles. The average Bonchev–Trinajstić information content (AvgIpc) is 2.65. The summed E-state index contributed by atoms with van der Waals surface area (Å²) in [5.74, 6) is 0. The lowest BCUT2D eigenvalue weighted by molar-refractivity contribution is -0.00317. The van der Waals surface area contributed by atoms with E-state index < -0.39 is 0 Å². The van der Waals surface area contributed by atoms with Crippen molar-refractivity contribution in [2.24, 2.45) is 18.2 Å². The van der Waals surface area contributed by atoms with Crippen LogP contribution in [0, 0.1) is 5.41 Å². The quantitative estimate of drug-likeness (QED) is 0.798. The monoisotopic (exact) mass is 209 g/mol. The Morgan fingerprint density at radius 1 is 1.67 bits per heavy atom. The van der Waals surface area contributed by atoms with E-state index in [9.17, 15) is 0 Å². The first-order valence-electron chi connectivity index (χ1n) is 5.50. The minimum absolute atomic E-state index is 0.118. The van der Waals surface area contributed by atoms with E-state index in [0.717, 1.165) is 38.2 Å². The molecule has 1 fully saturated rings. The molecule has 0 radical (unpaired) electrons. The fraction of sp³-hybridized carbons (Fsp3) is 0.727. The first kappa shape index (κ1) is 10.6. The molecule has 0 spiro atoms. The van der Waals surface area contributed by atoms with Gasteiger partial charge in [-0.3, -0.25) is 4.68 Å². The molecular weight excluding hydrogens is 190 g/mol. The van der Waals surface area contributed by atoms with Crippen LogP contribution in [-0.2, 0) is 18.2 Å². The fourth-order valence-corrected chi connectivity index (χ4v) is 2.22. The summed E-state index contributed by atoms with van der Waals surface area (Å²) in [4.78, 5) is 0. The van der Waals surface area contributed by atoms with Crippen LogP contribution in [-0.4, -0.2) is 29.5 Å². The highest BCUT2D eigenvalue weighted by atomic mass is 16.5. The van der Waals surface area contributed by atoms with Crippen LogP contribution in [0.3, 0.4) is 0 Å². The van der Waals surface area contributed by atoms with Crippen LogP contribution >= 0.6 is 0 Å². The van der Waals surface area contributed by atoms with Gasteiger partial charge in [-0.1, -0.05) is 0 Å². The Hall–Kier alpha value is -0.870. The molecule has 1 aromatic rings. The number of hydrogen-bond donors (Lipinski definition) is 1. The van der Waals surface area contributed by atoms with Crippen LogP contribution in [0.15, 0.2) is 12.3 Å². The van der Waals surface area contributed by atoms with Gasteiger partial charge in [0.15, 0.2) is 0 Å². The van der Waals surface area contributed by atoms with Crippen LogP contribution in [0.1, 0.15) is 18.5 Å². The van der Waals surface area contributed by atoms with Crippen molar-refractivity contribution in [3.63, 3.8) is 0 Å². The molecule has 4 nitrogen and oxygen atoms in total. The van der Waals surface area contributed by atoms with Crippen LogP contribution in [0.5, 0.6) is 0 Å². The summed E-state index contributed by atoms with van der Waals surface area (Å²) < 4.78 is 7.38. The predicted molar refractivity (Wildman–Crippen MR) is 58.5 cm³/mol. The van der Waals surface area contributed by atoms with Gasteiger partial charge in [-0.15, -0.1) is 0 Å². The summed E-state index contributed by atoms with van der Waals surface area (Å²) in [5.41, 5.74) is 7.11. The topological polar surface area (TPSA) is 53.1 Å². The molecule has 2 N–H and O–H groups in total. The number of ether oxygens (including phenoxy) is 1. The van der Waals surface area contributed by atoms with Gasteiger partial charge in [-0.25, -0.2) is 0 Å². The van der Waals surface area contributed by atoms with Crippen molar-refractivity contribution in [3.05, 3.63) is 18.0 Å². The molecule has 1 unspecified atom stereocenters. The van der Waals surface area contributed by atoms with Crippen molar-refractivity contribution < 1.29 is 4.74 Å². The minimum Gasteiger partial charge on any atom is -0.381 e. The maximum Gasteiger partial charge on any atom is 0.0631 e. The van der Waals surface area contributed by atoms with Crippen LogP contribution in [0.2, 0.25) is 0 Å². The molecule has 15 heavy (non-hydrogen) atoms. The van der Waals surface area contributed by atoms with Gasteiger partial charge in [-0.05, 0) is 18.9 Å². The molecule has 1 aromatic heterocycles. The summed E-state index contributed by atoms with van der Waals surface area (Å²) in [7, 11) is 1.94. The fourth-order valence-electron chi connectivity index (χ4n) is 2.22. The number of aromatic nitrogens is 2. The van der Waals surface area contributed by atoms with E-state index in [0.29, 0.717) is 6.54 Å². The third-order valence-electron chi connectivity index (χ3n) is 3.16. The van der Waals surface area contributed by atoms with E-state index in [2.05, 4.69) is 11.2 Å². The molecule has 0 saturated carbocycles. The molecule has 0 amide bonds. The van der Waals surface area contributed by atoms with Gasteiger partial charge in [0.2, 0.25) is 0 Å². The number of aryl methyl sites for hydroxylation is 1. The lowest BCUT2D eigenvalue weighted by atomic mass is 9.78. The molecule has 84 valence electrons. The van der Waals surface area contributed by atoms with Gasteiger partial charge in [-0.2, -0.15) is 5.10 Å². The zero-order valence-electron chi connectivity index (χ0n) is 9.28. The highest BCUT2D eigenvalue weighted by Gasteiger charge is 2.32.